The highest BCUT2D eigenvalue weighted by molar-refractivity contribution is 5.91. The van der Waals surface area contributed by atoms with E-state index in [1.807, 2.05) is 0 Å². The molecule has 1 heterocycles. The van der Waals surface area contributed by atoms with Crippen molar-refractivity contribution in [2.45, 2.75) is 83.8 Å². The summed E-state index contributed by atoms with van der Waals surface area (Å²) in [5, 5.41) is 10.3. The van der Waals surface area contributed by atoms with Crippen LogP contribution in [0.25, 0.3) is 0 Å². The molecular formula is C18H30O5. The highest BCUT2D eigenvalue weighted by atomic mass is 16.7. The lowest BCUT2D eigenvalue weighted by Crippen LogP contribution is -2.30. The molecule has 0 aromatic carbocycles. The van der Waals surface area contributed by atoms with E-state index in [1.54, 1.807) is 13.8 Å². The molecule has 0 radical (unpaired) electrons. The molecule has 23 heavy (non-hydrogen) atoms. The molecule has 1 aliphatic heterocycles. The number of aliphatic hydroxyl groups is 1. The largest absolute Gasteiger partial charge is 0.469 e. The lowest BCUT2D eigenvalue weighted by Gasteiger charge is -2.23. The van der Waals surface area contributed by atoms with Crippen molar-refractivity contribution in [1.82, 2.24) is 0 Å². The molecule has 5 heteroatoms. The summed E-state index contributed by atoms with van der Waals surface area (Å²) < 4.78 is 9.68. The molecule has 5 nitrogen and oxygen atoms in total. The highest BCUT2D eigenvalue weighted by Crippen LogP contribution is 2.34. The molecule has 0 spiro atoms. The van der Waals surface area contributed by atoms with E-state index < -0.39 is 11.8 Å². The van der Waals surface area contributed by atoms with E-state index >= 15 is 0 Å². The molecule has 0 amide bonds. The maximum atomic E-state index is 11.5. The van der Waals surface area contributed by atoms with Crippen molar-refractivity contribution in [2.75, 3.05) is 7.11 Å². The number of rotatable bonds is 11. The van der Waals surface area contributed by atoms with Crippen molar-refractivity contribution in [2.24, 2.45) is 0 Å². The molecule has 1 aliphatic rings. The zero-order valence-electron chi connectivity index (χ0n) is 14.7. The molecule has 1 rings (SSSR count). The van der Waals surface area contributed by atoms with E-state index in [4.69, 9.17) is 4.74 Å². The van der Waals surface area contributed by atoms with Gasteiger partial charge in [-0.1, -0.05) is 38.5 Å². The fourth-order valence-electron chi connectivity index (χ4n) is 2.79. The first-order chi connectivity index (χ1) is 10.9. The summed E-state index contributed by atoms with van der Waals surface area (Å²) in [6, 6.07) is 0. The van der Waals surface area contributed by atoms with Crippen molar-refractivity contribution < 1.29 is 24.2 Å². The molecule has 0 aromatic rings. The van der Waals surface area contributed by atoms with Crippen LogP contribution in [0.2, 0.25) is 0 Å². The van der Waals surface area contributed by atoms with E-state index in [0.717, 1.165) is 44.9 Å². The lowest BCUT2D eigenvalue weighted by molar-refractivity contribution is -0.183. The van der Waals surface area contributed by atoms with Crippen LogP contribution in [-0.2, 0) is 19.1 Å². The van der Waals surface area contributed by atoms with Gasteiger partial charge in [-0.2, -0.15) is 0 Å². The van der Waals surface area contributed by atoms with Gasteiger partial charge in [0.1, 0.15) is 0 Å². The van der Waals surface area contributed by atoms with E-state index in [0.29, 0.717) is 24.0 Å². The van der Waals surface area contributed by atoms with E-state index in [-0.39, 0.29) is 5.97 Å². The number of hydrogen-bond acceptors (Lipinski definition) is 5. The fourth-order valence-corrected chi connectivity index (χ4v) is 2.79. The van der Waals surface area contributed by atoms with Crippen LogP contribution in [0.15, 0.2) is 11.1 Å². The summed E-state index contributed by atoms with van der Waals surface area (Å²) in [4.78, 5) is 22.4. The normalized spacial score (nSPS) is 20.8. The van der Waals surface area contributed by atoms with Gasteiger partial charge in [0.25, 0.3) is 0 Å². The van der Waals surface area contributed by atoms with Crippen molar-refractivity contribution in [1.29, 1.82) is 0 Å². The Morgan fingerprint density at radius 2 is 1.57 bits per heavy atom. The minimum Gasteiger partial charge on any atom is -0.469 e. The second kappa shape index (κ2) is 9.71. The molecule has 0 fully saturated rings. The third-order valence-electron chi connectivity index (χ3n) is 4.59. The van der Waals surface area contributed by atoms with Gasteiger partial charge in [0.2, 0.25) is 5.79 Å². The SMILES string of the molecule is COC(=O)CCCCCCCCCC[C@]1(O)OC(=O)C(C)=C1C. The zero-order chi connectivity index (χ0) is 17.3. The quantitative estimate of drug-likeness (QED) is 0.463. The minimum absolute atomic E-state index is 0.130. The molecule has 0 unspecified atom stereocenters. The zero-order valence-corrected chi connectivity index (χ0v) is 14.7. The molecule has 1 N–H and O–H groups in total. The summed E-state index contributed by atoms with van der Waals surface area (Å²) in [6.45, 7) is 3.45. The maximum Gasteiger partial charge on any atom is 0.336 e. The Labute approximate surface area is 139 Å². The number of hydrogen-bond donors (Lipinski definition) is 1. The number of cyclic esters (lactones) is 1. The molecule has 0 aromatic heterocycles. The monoisotopic (exact) mass is 326 g/mol. The third-order valence-corrected chi connectivity index (χ3v) is 4.59. The Kier molecular flexibility index (Phi) is 8.31. The number of carbonyl (C=O) groups excluding carboxylic acids is 2. The Balaban J connectivity index is 2.00. The number of methoxy groups -OCH3 is 1. The van der Waals surface area contributed by atoms with E-state index in [9.17, 15) is 14.7 Å². The van der Waals surface area contributed by atoms with Gasteiger partial charge in [-0.05, 0) is 26.7 Å². The smallest absolute Gasteiger partial charge is 0.336 e. The summed E-state index contributed by atoms with van der Waals surface area (Å²) in [7, 11) is 1.42. The first-order valence-electron chi connectivity index (χ1n) is 8.61. The van der Waals surface area contributed by atoms with Gasteiger partial charge in [0, 0.05) is 24.0 Å². The summed E-state index contributed by atoms with van der Waals surface area (Å²) in [5.41, 5.74) is 1.17. The van der Waals surface area contributed by atoms with Gasteiger partial charge in [-0.3, -0.25) is 4.79 Å². The number of unbranched alkanes of at least 4 members (excludes halogenated alkanes) is 7. The van der Waals surface area contributed by atoms with Crippen molar-refractivity contribution in [3.05, 3.63) is 11.1 Å². The van der Waals surface area contributed by atoms with Crippen molar-refractivity contribution in [3.63, 3.8) is 0 Å². The summed E-state index contributed by atoms with van der Waals surface area (Å²) in [5.74, 6) is -1.92. The standard InChI is InChI=1S/C18H30O5/c1-14-15(2)18(21,23-17(14)20)13-11-9-7-5-4-6-8-10-12-16(19)22-3/h21H,4-13H2,1-3H3/t18-/m0/s1. The van der Waals surface area contributed by atoms with Crippen LogP contribution in [0.5, 0.6) is 0 Å². The van der Waals surface area contributed by atoms with Gasteiger partial charge in [0.05, 0.1) is 7.11 Å². The maximum absolute atomic E-state index is 11.5. The highest BCUT2D eigenvalue weighted by Gasteiger charge is 2.41. The van der Waals surface area contributed by atoms with Gasteiger partial charge >= 0.3 is 11.9 Å². The molecule has 0 bridgehead atoms. The minimum atomic E-state index is -1.38. The van der Waals surface area contributed by atoms with Crippen LogP contribution in [0, 0.1) is 0 Å². The van der Waals surface area contributed by atoms with Gasteiger partial charge in [0.15, 0.2) is 0 Å². The molecular weight excluding hydrogens is 296 g/mol. The number of carbonyl (C=O) groups is 2. The number of ether oxygens (including phenoxy) is 2. The summed E-state index contributed by atoms with van der Waals surface area (Å²) in [6.07, 6.45) is 9.39. The van der Waals surface area contributed by atoms with Crippen LogP contribution in [0.3, 0.4) is 0 Å². The number of esters is 2. The fraction of sp³-hybridized carbons (Fsp3) is 0.778. The first kappa shape index (κ1) is 19.7. The molecule has 1 atom stereocenters. The average molecular weight is 326 g/mol. The van der Waals surface area contributed by atoms with Crippen LogP contribution in [0.1, 0.15) is 78.1 Å². The Hall–Kier alpha value is -1.36. The van der Waals surface area contributed by atoms with E-state index in [1.165, 1.54) is 13.5 Å². The topological polar surface area (TPSA) is 72.8 Å². The second-order valence-electron chi connectivity index (χ2n) is 6.33. The van der Waals surface area contributed by atoms with Crippen molar-refractivity contribution in [3.8, 4) is 0 Å². The molecule has 0 aliphatic carbocycles. The van der Waals surface area contributed by atoms with E-state index in [2.05, 4.69) is 4.74 Å². The molecule has 132 valence electrons. The first-order valence-corrected chi connectivity index (χ1v) is 8.61. The predicted molar refractivity (Wildman–Crippen MR) is 87.6 cm³/mol. The lowest BCUT2D eigenvalue weighted by atomic mass is 9.98. The third kappa shape index (κ3) is 6.34. The second-order valence-corrected chi connectivity index (χ2v) is 6.33. The predicted octanol–water partition coefficient (Wildman–Crippen LogP) is 3.64. The van der Waals surface area contributed by atoms with Gasteiger partial charge in [-0.15, -0.1) is 0 Å². The van der Waals surface area contributed by atoms with Crippen molar-refractivity contribution >= 4 is 11.9 Å². The summed E-state index contributed by atoms with van der Waals surface area (Å²) >= 11 is 0. The Morgan fingerprint density at radius 1 is 1.04 bits per heavy atom. The van der Waals surface area contributed by atoms with Crippen LogP contribution in [0.4, 0.5) is 0 Å². The average Bonchev–Trinajstić information content (AvgIpc) is 2.72. The van der Waals surface area contributed by atoms with Crippen LogP contribution in [-0.4, -0.2) is 29.9 Å². The van der Waals surface area contributed by atoms with Gasteiger partial charge in [-0.25, -0.2) is 4.79 Å². The Morgan fingerprint density at radius 3 is 2.04 bits per heavy atom. The molecule has 0 saturated carbocycles. The van der Waals surface area contributed by atoms with Gasteiger partial charge < -0.3 is 14.6 Å². The van der Waals surface area contributed by atoms with Crippen LogP contribution < -0.4 is 0 Å². The molecule has 0 saturated heterocycles. The Bertz CT molecular complexity index is 441. The van der Waals surface area contributed by atoms with Crippen LogP contribution >= 0.6 is 0 Å².